The fourth-order valence-electron chi connectivity index (χ4n) is 1.92. The second-order valence-corrected chi connectivity index (χ2v) is 6.87. The predicted octanol–water partition coefficient (Wildman–Crippen LogP) is 4.07. The Morgan fingerprint density at radius 3 is 2.64 bits per heavy atom. The van der Waals surface area contributed by atoms with E-state index in [1.54, 1.807) is 12.1 Å². The summed E-state index contributed by atoms with van der Waals surface area (Å²) in [5.41, 5.74) is 0.262. The molecule has 1 aromatic heterocycles. The van der Waals surface area contributed by atoms with Gasteiger partial charge < -0.3 is 10.1 Å². The molecule has 1 N–H and O–H groups in total. The highest BCUT2D eigenvalue weighted by Crippen LogP contribution is 2.23. The zero-order chi connectivity index (χ0) is 18.4. The summed E-state index contributed by atoms with van der Waals surface area (Å²) in [4.78, 5) is 36.1. The van der Waals surface area contributed by atoms with Crippen molar-refractivity contribution < 1.29 is 23.5 Å². The van der Waals surface area contributed by atoms with Crippen LogP contribution in [0.5, 0.6) is 0 Å². The first-order valence-corrected chi connectivity index (χ1v) is 8.59. The molecule has 0 aliphatic rings. The summed E-state index contributed by atoms with van der Waals surface area (Å²) in [6, 6.07) is 8.56. The molecule has 25 heavy (non-hydrogen) atoms. The molecule has 0 aliphatic heterocycles. The first-order valence-electron chi connectivity index (χ1n) is 7.39. The summed E-state index contributed by atoms with van der Waals surface area (Å²) in [5.74, 6) is -1.96. The van der Waals surface area contributed by atoms with Crippen LogP contribution in [0.25, 0.3) is 0 Å². The van der Waals surface area contributed by atoms with Gasteiger partial charge in [-0.2, -0.15) is 0 Å². The van der Waals surface area contributed by atoms with Crippen LogP contribution < -0.4 is 5.32 Å². The molecule has 0 bridgehead atoms. The molecule has 1 heterocycles. The van der Waals surface area contributed by atoms with Gasteiger partial charge in [-0.3, -0.25) is 14.4 Å². The third kappa shape index (κ3) is 5.95. The van der Waals surface area contributed by atoms with Crippen molar-refractivity contribution in [3.63, 3.8) is 0 Å². The van der Waals surface area contributed by atoms with E-state index in [4.69, 9.17) is 16.3 Å². The second-order valence-electron chi connectivity index (χ2n) is 5.16. The Kier molecular flexibility index (Phi) is 6.66. The fourth-order valence-corrected chi connectivity index (χ4v) is 2.93. The number of hydrogen-bond acceptors (Lipinski definition) is 5. The number of rotatable bonds is 7. The Labute approximate surface area is 152 Å². The van der Waals surface area contributed by atoms with Crippen LogP contribution in [-0.4, -0.2) is 23.8 Å². The number of hydrogen-bond donors (Lipinski definition) is 1. The van der Waals surface area contributed by atoms with Gasteiger partial charge in [0.2, 0.25) is 0 Å². The third-order valence-corrected chi connectivity index (χ3v) is 4.45. The topological polar surface area (TPSA) is 72.5 Å². The molecule has 1 atom stereocenters. The minimum absolute atomic E-state index is 0.0338. The third-order valence-electron chi connectivity index (χ3n) is 3.17. The summed E-state index contributed by atoms with van der Waals surface area (Å²) < 4.78 is 18.6. The van der Waals surface area contributed by atoms with E-state index in [1.165, 1.54) is 25.1 Å². The fraction of sp³-hybridized carbons (Fsp3) is 0.235. The molecular weight excluding hydrogens is 369 g/mol. The highest BCUT2D eigenvalue weighted by molar-refractivity contribution is 7.18. The van der Waals surface area contributed by atoms with Gasteiger partial charge in [-0.15, -0.1) is 11.3 Å². The van der Waals surface area contributed by atoms with Crippen LogP contribution in [-0.2, 0) is 14.3 Å². The lowest BCUT2D eigenvalue weighted by Crippen LogP contribution is -2.30. The molecule has 1 amide bonds. The number of Topliss-reactive ketones (excluding diaryl/α,β-unsaturated/α-hetero) is 1. The molecule has 2 rings (SSSR count). The van der Waals surface area contributed by atoms with E-state index in [2.05, 4.69) is 5.32 Å². The molecule has 5 nitrogen and oxygen atoms in total. The lowest BCUT2D eigenvalue weighted by Gasteiger charge is -2.13. The lowest BCUT2D eigenvalue weighted by atomic mass is 10.2. The summed E-state index contributed by atoms with van der Waals surface area (Å²) >= 11 is 6.89. The number of anilines is 1. The Bertz CT molecular complexity index is 792. The second kappa shape index (κ2) is 8.73. The van der Waals surface area contributed by atoms with Gasteiger partial charge in [-0.05, 0) is 37.3 Å². The molecule has 0 spiro atoms. The van der Waals surface area contributed by atoms with Gasteiger partial charge in [-0.1, -0.05) is 17.7 Å². The largest absolute Gasteiger partial charge is 0.453 e. The monoisotopic (exact) mass is 383 g/mol. The summed E-state index contributed by atoms with van der Waals surface area (Å²) in [6.45, 7) is 1.40. The number of nitrogens with one attached hydrogen (secondary N) is 1. The van der Waals surface area contributed by atoms with Crippen LogP contribution in [0.1, 0.15) is 29.4 Å². The summed E-state index contributed by atoms with van der Waals surface area (Å²) in [5, 5.41) is 2.45. The zero-order valence-corrected chi connectivity index (χ0v) is 14.8. The number of ether oxygens (including phenoxy) is 1. The number of carbonyl (C=O) groups excluding carboxylic acids is 3. The minimum atomic E-state index is -1.07. The molecule has 0 saturated heterocycles. The van der Waals surface area contributed by atoms with Crippen LogP contribution >= 0.6 is 22.9 Å². The van der Waals surface area contributed by atoms with Crippen LogP contribution in [0.2, 0.25) is 4.34 Å². The Morgan fingerprint density at radius 2 is 2.00 bits per heavy atom. The summed E-state index contributed by atoms with van der Waals surface area (Å²) in [6.07, 6.45) is -1.25. The predicted molar refractivity (Wildman–Crippen MR) is 93.5 cm³/mol. The highest BCUT2D eigenvalue weighted by Gasteiger charge is 2.19. The summed E-state index contributed by atoms with van der Waals surface area (Å²) in [7, 11) is 0. The van der Waals surface area contributed by atoms with Gasteiger partial charge in [0.05, 0.1) is 15.6 Å². The number of halogens is 2. The number of thiophene rings is 1. The number of esters is 1. The molecular formula is C17H15ClFNO4S. The molecule has 132 valence electrons. The SMILES string of the molecule is C[C@H](OC(=O)CCC(=O)c1ccc(Cl)s1)C(=O)Nc1cccc(F)c1. The normalized spacial score (nSPS) is 11.6. The molecule has 0 fully saturated rings. The van der Waals surface area contributed by atoms with Gasteiger partial charge >= 0.3 is 5.97 Å². The van der Waals surface area contributed by atoms with E-state index in [0.717, 1.165) is 17.4 Å². The molecule has 2 aromatic rings. The molecule has 0 unspecified atom stereocenters. The molecule has 0 radical (unpaired) electrons. The van der Waals surface area contributed by atoms with Gasteiger partial charge in [0.15, 0.2) is 11.9 Å². The Hall–Kier alpha value is -2.25. The van der Waals surface area contributed by atoms with E-state index < -0.39 is 23.8 Å². The molecule has 1 aromatic carbocycles. The lowest BCUT2D eigenvalue weighted by molar-refractivity contribution is -0.153. The number of benzene rings is 1. The van der Waals surface area contributed by atoms with Crippen molar-refractivity contribution in [2.24, 2.45) is 0 Å². The smallest absolute Gasteiger partial charge is 0.307 e. The van der Waals surface area contributed by atoms with Gasteiger partial charge in [0.25, 0.3) is 5.91 Å². The van der Waals surface area contributed by atoms with Crippen molar-refractivity contribution in [2.75, 3.05) is 5.32 Å². The van der Waals surface area contributed by atoms with Crippen LogP contribution in [0.3, 0.4) is 0 Å². The maximum absolute atomic E-state index is 13.1. The van der Waals surface area contributed by atoms with Crippen molar-refractivity contribution in [1.82, 2.24) is 0 Å². The van der Waals surface area contributed by atoms with E-state index in [9.17, 15) is 18.8 Å². The highest BCUT2D eigenvalue weighted by atomic mass is 35.5. The molecule has 0 saturated carbocycles. The van der Waals surface area contributed by atoms with Gasteiger partial charge in [-0.25, -0.2) is 4.39 Å². The van der Waals surface area contributed by atoms with E-state index in [0.29, 0.717) is 9.21 Å². The first-order chi connectivity index (χ1) is 11.8. The standard InChI is InChI=1S/C17H15ClFNO4S/c1-10(17(23)20-12-4-2-3-11(19)9-12)24-16(22)8-5-13(21)14-6-7-15(18)25-14/h2-4,6-7,9-10H,5,8H2,1H3,(H,20,23)/t10-/m0/s1. The molecule has 0 aliphatic carbocycles. The van der Waals surface area contributed by atoms with Crippen molar-refractivity contribution in [3.05, 3.63) is 51.4 Å². The van der Waals surface area contributed by atoms with Crippen molar-refractivity contribution >= 4 is 46.3 Å². The number of carbonyl (C=O) groups is 3. The number of ketones is 1. The van der Waals surface area contributed by atoms with Crippen LogP contribution in [0, 0.1) is 5.82 Å². The Balaban J connectivity index is 1.79. The zero-order valence-electron chi connectivity index (χ0n) is 13.3. The number of amides is 1. The van der Waals surface area contributed by atoms with E-state index in [1.807, 2.05) is 0 Å². The average molecular weight is 384 g/mol. The van der Waals surface area contributed by atoms with Gasteiger partial charge in [0.1, 0.15) is 5.82 Å². The van der Waals surface area contributed by atoms with Crippen molar-refractivity contribution in [2.45, 2.75) is 25.9 Å². The Morgan fingerprint density at radius 1 is 1.24 bits per heavy atom. The van der Waals surface area contributed by atoms with E-state index >= 15 is 0 Å². The van der Waals surface area contributed by atoms with Crippen LogP contribution in [0.15, 0.2) is 36.4 Å². The van der Waals surface area contributed by atoms with Crippen molar-refractivity contribution in [1.29, 1.82) is 0 Å². The maximum Gasteiger partial charge on any atom is 0.307 e. The molecule has 8 heteroatoms. The maximum atomic E-state index is 13.1. The van der Waals surface area contributed by atoms with Gasteiger partial charge in [0, 0.05) is 12.1 Å². The van der Waals surface area contributed by atoms with Crippen LogP contribution in [0.4, 0.5) is 10.1 Å². The van der Waals surface area contributed by atoms with E-state index in [-0.39, 0.29) is 24.3 Å². The minimum Gasteiger partial charge on any atom is -0.453 e. The quantitative estimate of drug-likeness (QED) is 0.577. The first kappa shape index (κ1) is 19.1. The average Bonchev–Trinajstić information content (AvgIpc) is 2.99. The van der Waals surface area contributed by atoms with Crippen molar-refractivity contribution in [3.8, 4) is 0 Å².